The van der Waals surface area contributed by atoms with E-state index < -0.39 is 0 Å². The van der Waals surface area contributed by atoms with Gasteiger partial charge in [0.15, 0.2) is 4.67 Å². The molecule has 0 saturated carbocycles. The van der Waals surface area contributed by atoms with Crippen LogP contribution in [0.15, 0.2) is 45.5 Å². The molecule has 0 amide bonds. The minimum absolute atomic E-state index is 0.234. The standard InChI is InChI=1S/C13H13BrClNO/c1-9(10-3-2-4-11(15)7-10)16-8-12-5-6-13(14)17-12/h2-7,9,16H,8H2,1H3/t9-/m1/s1. The van der Waals surface area contributed by atoms with Crippen LogP contribution in [0.5, 0.6) is 0 Å². The Kier molecular flexibility index (Phi) is 4.26. The summed E-state index contributed by atoms with van der Waals surface area (Å²) < 4.78 is 6.18. The summed E-state index contributed by atoms with van der Waals surface area (Å²) in [5.41, 5.74) is 1.17. The molecule has 0 radical (unpaired) electrons. The monoisotopic (exact) mass is 313 g/mol. The van der Waals surface area contributed by atoms with E-state index in [0.29, 0.717) is 6.54 Å². The molecule has 0 aliphatic heterocycles. The van der Waals surface area contributed by atoms with Gasteiger partial charge in [-0.3, -0.25) is 0 Å². The molecular formula is C13H13BrClNO. The third kappa shape index (κ3) is 3.60. The molecule has 1 heterocycles. The number of benzene rings is 1. The van der Waals surface area contributed by atoms with Crippen LogP contribution in [-0.4, -0.2) is 0 Å². The second-order valence-electron chi connectivity index (χ2n) is 3.86. The third-order valence-electron chi connectivity index (χ3n) is 2.56. The van der Waals surface area contributed by atoms with Crippen LogP contribution in [-0.2, 0) is 6.54 Å². The van der Waals surface area contributed by atoms with E-state index in [4.69, 9.17) is 16.0 Å². The number of hydrogen-bond acceptors (Lipinski definition) is 2. The van der Waals surface area contributed by atoms with Crippen LogP contribution in [0.3, 0.4) is 0 Å². The van der Waals surface area contributed by atoms with Crippen LogP contribution in [0.25, 0.3) is 0 Å². The molecule has 1 aromatic carbocycles. The SMILES string of the molecule is C[C@@H](NCc1ccc(Br)o1)c1cccc(Cl)c1. The highest BCUT2D eigenvalue weighted by atomic mass is 79.9. The topological polar surface area (TPSA) is 25.2 Å². The molecule has 2 aromatic rings. The normalized spacial score (nSPS) is 12.6. The zero-order chi connectivity index (χ0) is 12.3. The maximum absolute atomic E-state index is 5.96. The number of nitrogens with one attached hydrogen (secondary N) is 1. The fourth-order valence-electron chi connectivity index (χ4n) is 1.59. The molecule has 2 rings (SSSR count). The van der Waals surface area contributed by atoms with E-state index >= 15 is 0 Å². The molecule has 0 fully saturated rings. The molecule has 0 unspecified atom stereocenters. The van der Waals surface area contributed by atoms with Gasteiger partial charge in [0.25, 0.3) is 0 Å². The summed E-state index contributed by atoms with van der Waals surface area (Å²) in [6, 6.07) is 11.9. The van der Waals surface area contributed by atoms with Crippen molar-refractivity contribution >= 4 is 27.5 Å². The molecule has 0 spiro atoms. The Labute approximate surface area is 114 Å². The fourth-order valence-corrected chi connectivity index (χ4v) is 2.13. The van der Waals surface area contributed by atoms with E-state index in [9.17, 15) is 0 Å². The fraction of sp³-hybridized carbons (Fsp3) is 0.231. The third-order valence-corrected chi connectivity index (χ3v) is 3.22. The summed E-state index contributed by atoms with van der Waals surface area (Å²) in [6.45, 7) is 2.79. The number of halogens is 2. The second kappa shape index (κ2) is 5.71. The Morgan fingerprint density at radius 3 is 2.82 bits per heavy atom. The van der Waals surface area contributed by atoms with Crippen LogP contribution in [0.2, 0.25) is 5.02 Å². The minimum Gasteiger partial charge on any atom is -0.453 e. The highest BCUT2D eigenvalue weighted by molar-refractivity contribution is 9.10. The van der Waals surface area contributed by atoms with Crippen molar-refractivity contribution in [2.45, 2.75) is 19.5 Å². The Hall–Kier alpha value is -0.770. The van der Waals surface area contributed by atoms with E-state index in [0.717, 1.165) is 15.5 Å². The molecule has 0 aliphatic rings. The van der Waals surface area contributed by atoms with Gasteiger partial charge in [-0.1, -0.05) is 23.7 Å². The molecule has 1 N–H and O–H groups in total. The van der Waals surface area contributed by atoms with Crippen molar-refractivity contribution in [2.24, 2.45) is 0 Å². The largest absolute Gasteiger partial charge is 0.453 e. The minimum atomic E-state index is 0.234. The number of furan rings is 1. The van der Waals surface area contributed by atoms with Crippen molar-refractivity contribution in [1.82, 2.24) is 5.32 Å². The zero-order valence-electron chi connectivity index (χ0n) is 9.41. The maximum atomic E-state index is 5.96. The van der Waals surface area contributed by atoms with Crippen LogP contribution in [0, 0.1) is 0 Å². The Morgan fingerprint density at radius 2 is 2.18 bits per heavy atom. The van der Waals surface area contributed by atoms with Gasteiger partial charge in [-0.15, -0.1) is 0 Å². The summed E-state index contributed by atoms with van der Waals surface area (Å²) in [7, 11) is 0. The first-order chi connectivity index (χ1) is 8.15. The quantitative estimate of drug-likeness (QED) is 0.896. The van der Waals surface area contributed by atoms with Gasteiger partial charge in [-0.25, -0.2) is 0 Å². The second-order valence-corrected chi connectivity index (χ2v) is 5.08. The lowest BCUT2D eigenvalue weighted by atomic mass is 10.1. The summed E-state index contributed by atoms with van der Waals surface area (Å²) >= 11 is 9.24. The molecule has 4 heteroatoms. The first-order valence-corrected chi connectivity index (χ1v) is 6.55. The van der Waals surface area contributed by atoms with E-state index in [-0.39, 0.29) is 6.04 Å². The lowest BCUT2D eigenvalue weighted by molar-refractivity contribution is 0.447. The van der Waals surface area contributed by atoms with Gasteiger partial charge >= 0.3 is 0 Å². The molecule has 17 heavy (non-hydrogen) atoms. The van der Waals surface area contributed by atoms with Crippen molar-refractivity contribution < 1.29 is 4.42 Å². The molecule has 0 saturated heterocycles. The van der Waals surface area contributed by atoms with Crippen molar-refractivity contribution in [1.29, 1.82) is 0 Å². The van der Waals surface area contributed by atoms with E-state index in [1.807, 2.05) is 30.3 Å². The smallest absolute Gasteiger partial charge is 0.169 e. The molecule has 1 aromatic heterocycles. The molecule has 0 bridgehead atoms. The van der Waals surface area contributed by atoms with Crippen LogP contribution in [0.1, 0.15) is 24.3 Å². The van der Waals surface area contributed by atoms with Gasteiger partial charge in [0.2, 0.25) is 0 Å². The zero-order valence-corrected chi connectivity index (χ0v) is 11.8. The lowest BCUT2D eigenvalue weighted by Gasteiger charge is -2.13. The lowest BCUT2D eigenvalue weighted by Crippen LogP contribution is -2.17. The molecule has 90 valence electrons. The van der Waals surface area contributed by atoms with Gasteiger partial charge in [-0.05, 0) is 52.7 Å². The van der Waals surface area contributed by atoms with Gasteiger partial charge < -0.3 is 9.73 Å². The molecule has 0 aliphatic carbocycles. The average molecular weight is 315 g/mol. The van der Waals surface area contributed by atoms with Crippen molar-refractivity contribution in [3.63, 3.8) is 0 Å². The average Bonchev–Trinajstić information content (AvgIpc) is 2.72. The van der Waals surface area contributed by atoms with Crippen LogP contribution < -0.4 is 5.32 Å². The molecule has 2 nitrogen and oxygen atoms in total. The summed E-state index contributed by atoms with van der Waals surface area (Å²) in [5, 5.41) is 4.14. The van der Waals surface area contributed by atoms with Crippen molar-refractivity contribution in [2.75, 3.05) is 0 Å². The molecule has 1 atom stereocenters. The molecular weight excluding hydrogens is 302 g/mol. The number of hydrogen-bond donors (Lipinski definition) is 1. The Bertz CT molecular complexity index is 498. The van der Waals surface area contributed by atoms with E-state index in [1.165, 1.54) is 5.56 Å². The predicted octanol–water partition coefficient (Wildman–Crippen LogP) is 4.55. The van der Waals surface area contributed by atoms with E-state index in [2.05, 4.69) is 34.2 Å². The van der Waals surface area contributed by atoms with Gasteiger partial charge in [0.1, 0.15) is 5.76 Å². The summed E-state index contributed by atoms with van der Waals surface area (Å²) in [4.78, 5) is 0. The first-order valence-electron chi connectivity index (χ1n) is 5.38. The van der Waals surface area contributed by atoms with Gasteiger partial charge in [0.05, 0.1) is 6.54 Å². The Balaban J connectivity index is 1.95. The van der Waals surface area contributed by atoms with Gasteiger partial charge in [-0.2, -0.15) is 0 Å². The van der Waals surface area contributed by atoms with Crippen molar-refractivity contribution in [3.8, 4) is 0 Å². The Morgan fingerprint density at radius 1 is 1.35 bits per heavy atom. The highest BCUT2D eigenvalue weighted by Gasteiger charge is 2.06. The number of rotatable bonds is 4. The van der Waals surface area contributed by atoms with Crippen LogP contribution >= 0.6 is 27.5 Å². The maximum Gasteiger partial charge on any atom is 0.169 e. The van der Waals surface area contributed by atoms with Crippen molar-refractivity contribution in [3.05, 3.63) is 57.4 Å². The summed E-state index contributed by atoms with van der Waals surface area (Å²) in [5.74, 6) is 0.908. The highest BCUT2D eigenvalue weighted by Crippen LogP contribution is 2.19. The van der Waals surface area contributed by atoms with Crippen LogP contribution in [0.4, 0.5) is 0 Å². The predicted molar refractivity (Wildman–Crippen MR) is 73.1 cm³/mol. The van der Waals surface area contributed by atoms with Gasteiger partial charge in [0, 0.05) is 11.1 Å². The van der Waals surface area contributed by atoms with E-state index in [1.54, 1.807) is 0 Å². The first kappa shape index (κ1) is 12.7. The summed E-state index contributed by atoms with van der Waals surface area (Å²) in [6.07, 6.45) is 0.